The number of piperazine rings is 1. The van der Waals surface area contributed by atoms with Crippen molar-refractivity contribution in [3.05, 3.63) is 20.8 Å². The van der Waals surface area contributed by atoms with Crippen molar-refractivity contribution in [2.75, 3.05) is 13.1 Å². The molecule has 0 amide bonds. The Balaban J connectivity index is 1.55. The quantitative estimate of drug-likeness (QED) is 0.882. The van der Waals surface area contributed by atoms with Gasteiger partial charge in [-0.15, -0.1) is 11.3 Å². The fourth-order valence-electron chi connectivity index (χ4n) is 3.74. The third-order valence-corrected chi connectivity index (χ3v) is 7.45. The summed E-state index contributed by atoms with van der Waals surface area (Å²) in [6.45, 7) is 6.03. The average Bonchev–Trinajstić information content (AvgIpc) is 3.32. The Kier molecular flexibility index (Phi) is 3.49. The summed E-state index contributed by atoms with van der Waals surface area (Å²) in [5, 5.41) is 6.07. The normalized spacial score (nSPS) is 35.4. The molecule has 2 aliphatic carbocycles. The summed E-state index contributed by atoms with van der Waals surface area (Å²) < 4.78 is 1.29. The second-order valence-electron chi connectivity index (χ2n) is 7.03. The summed E-state index contributed by atoms with van der Waals surface area (Å²) in [5.41, 5.74) is 0.370. The Morgan fingerprint density at radius 2 is 2.20 bits per heavy atom. The number of hydrogen-bond acceptors (Lipinski definition) is 3. The van der Waals surface area contributed by atoms with E-state index in [2.05, 4.69) is 44.5 Å². The number of rotatable bonds is 4. The van der Waals surface area contributed by atoms with E-state index < -0.39 is 0 Å². The second kappa shape index (κ2) is 5.08. The van der Waals surface area contributed by atoms with Crippen LogP contribution in [0.3, 0.4) is 0 Å². The van der Waals surface area contributed by atoms with Gasteiger partial charge in [-0.2, -0.15) is 0 Å². The van der Waals surface area contributed by atoms with Gasteiger partial charge in [0.1, 0.15) is 0 Å². The van der Waals surface area contributed by atoms with Crippen LogP contribution in [0.5, 0.6) is 0 Å². The lowest BCUT2D eigenvalue weighted by Crippen LogP contribution is -2.64. The molecule has 3 aliphatic rings. The molecule has 2 nitrogen and oxygen atoms in total. The van der Waals surface area contributed by atoms with Gasteiger partial charge in [0.05, 0.1) is 0 Å². The molecule has 2 unspecified atom stereocenters. The third-order valence-electron chi connectivity index (χ3n) is 5.54. The van der Waals surface area contributed by atoms with Gasteiger partial charge in [0.15, 0.2) is 0 Å². The maximum Gasteiger partial charge on any atom is 0.0346 e. The van der Waals surface area contributed by atoms with E-state index >= 15 is 0 Å². The predicted octanol–water partition coefficient (Wildman–Crippen LogP) is 3.86. The number of nitrogens with zero attached hydrogens (tertiary/aromatic N) is 1. The minimum absolute atomic E-state index is 0.370. The minimum Gasteiger partial charge on any atom is -0.311 e. The Hall–Kier alpha value is 0.100. The largest absolute Gasteiger partial charge is 0.311 e. The molecular weight excluding hydrogens is 332 g/mol. The van der Waals surface area contributed by atoms with Crippen LogP contribution in [0.15, 0.2) is 15.9 Å². The average molecular weight is 355 g/mol. The van der Waals surface area contributed by atoms with Crippen LogP contribution in [-0.2, 0) is 6.54 Å². The van der Waals surface area contributed by atoms with Crippen molar-refractivity contribution in [3.8, 4) is 0 Å². The lowest BCUT2D eigenvalue weighted by Gasteiger charge is -2.49. The van der Waals surface area contributed by atoms with Crippen molar-refractivity contribution in [2.45, 2.75) is 50.7 Å². The van der Waals surface area contributed by atoms with Gasteiger partial charge in [-0.25, -0.2) is 0 Å². The van der Waals surface area contributed by atoms with Gasteiger partial charge < -0.3 is 5.32 Å². The summed E-state index contributed by atoms with van der Waals surface area (Å²) in [4.78, 5) is 4.29. The monoisotopic (exact) mass is 354 g/mol. The van der Waals surface area contributed by atoms with E-state index in [9.17, 15) is 0 Å². The maximum atomic E-state index is 3.87. The summed E-state index contributed by atoms with van der Waals surface area (Å²) in [5.74, 6) is 1.86. The van der Waals surface area contributed by atoms with Crippen LogP contribution in [0.25, 0.3) is 0 Å². The maximum absolute atomic E-state index is 3.87. The SMILES string of the molecule is CC1(C2CC2)CNC(C2CC2)CN1Cc1sccc1Br. The zero-order valence-electron chi connectivity index (χ0n) is 12.1. The van der Waals surface area contributed by atoms with Crippen molar-refractivity contribution in [2.24, 2.45) is 11.8 Å². The van der Waals surface area contributed by atoms with Crippen molar-refractivity contribution >= 4 is 27.3 Å². The first-order valence-electron chi connectivity index (χ1n) is 7.87. The fraction of sp³-hybridized carbons (Fsp3) is 0.750. The second-order valence-corrected chi connectivity index (χ2v) is 8.88. The predicted molar refractivity (Wildman–Crippen MR) is 88.1 cm³/mol. The molecule has 4 rings (SSSR count). The smallest absolute Gasteiger partial charge is 0.0346 e. The van der Waals surface area contributed by atoms with Crippen LogP contribution in [0.2, 0.25) is 0 Å². The molecule has 4 heteroatoms. The lowest BCUT2D eigenvalue weighted by molar-refractivity contribution is 0.0241. The molecule has 2 heterocycles. The van der Waals surface area contributed by atoms with E-state index in [1.165, 1.54) is 48.1 Å². The van der Waals surface area contributed by atoms with E-state index in [1.807, 2.05) is 11.3 Å². The molecule has 1 aliphatic heterocycles. The molecule has 1 N–H and O–H groups in total. The Bertz CT molecular complexity index is 494. The number of nitrogens with one attached hydrogen (secondary N) is 1. The highest BCUT2D eigenvalue weighted by Crippen LogP contribution is 2.46. The molecule has 1 saturated heterocycles. The van der Waals surface area contributed by atoms with Gasteiger partial charge >= 0.3 is 0 Å². The lowest BCUT2D eigenvalue weighted by atomic mass is 9.88. The summed E-state index contributed by atoms with van der Waals surface area (Å²) in [7, 11) is 0. The van der Waals surface area contributed by atoms with Crippen molar-refractivity contribution < 1.29 is 0 Å². The number of hydrogen-bond donors (Lipinski definition) is 1. The van der Waals surface area contributed by atoms with Gasteiger partial charge in [-0.3, -0.25) is 4.90 Å². The van der Waals surface area contributed by atoms with Gasteiger partial charge in [0.2, 0.25) is 0 Å². The zero-order chi connectivity index (χ0) is 13.7. The highest BCUT2D eigenvalue weighted by Gasteiger charge is 2.50. The molecule has 0 spiro atoms. The Morgan fingerprint density at radius 3 is 2.80 bits per heavy atom. The highest BCUT2D eigenvalue weighted by molar-refractivity contribution is 9.10. The molecular formula is C16H23BrN2S. The first-order valence-corrected chi connectivity index (χ1v) is 9.54. The standard InChI is InChI=1S/C16H23BrN2S/c1-16(12-4-5-12)10-18-14(11-2-3-11)8-19(16)9-15-13(17)6-7-20-15/h6-7,11-12,14,18H,2-5,8-10H2,1H3. The van der Waals surface area contributed by atoms with E-state index in [-0.39, 0.29) is 0 Å². The number of halogens is 1. The first kappa shape index (κ1) is 13.7. The molecule has 3 fully saturated rings. The molecule has 2 atom stereocenters. The molecule has 0 radical (unpaired) electrons. The van der Waals surface area contributed by atoms with E-state index in [1.54, 1.807) is 0 Å². The molecule has 2 saturated carbocycles. The van der Waals surface area contributed by atoms with E-state index in [4.69, 9.17) is 0 Å². The zero-order valence-corrected chi connectivity index (χ0v) is 14.5. The van der Waals surface area contributed by atoms with Gasteiger partial charge in [0, 0.05) is 40.6 Å². The van der Waals surface area contributed by atoms with Crippen molar-refractivity contribution in [1.82, 2.24) is 10.2 Å². The third kappa shape index (κ3) is 2.49. The van der Waals surface area contributed by atoms with Gasteiger partial charge in [-0.1, -0.05) is 0 Å². The van der Waals surface area contributed by atoms with Gasteiger partial charge in [0.25, 0.3) is 0 Å². The Labute approximate surface area is 134 Å². The molecule has 110 valence electrons. The minimum atomic E-state index is 0.370. The van der Waals surface area contributed by atoms with Crippen molar-refractivity contribution in [3.63, 3.8) is 0 Å². The van der Waals surface area contributed by atoms with E-state index in [0.717, 1.165) is 24.4 Å². The van der Waals surface area contributed by atoms with Crippen LogP contribution < -0.4 is 5.32 Å². The van der Waals surface area contributed by atoms with Gasteiger partial charge in [-0.05, 0) is 71.8 Å². The van der Waals surface area contributed by atoms with Crippen LogP contribution in [-0.4, -0.2) is 29.6 Å². The molecule has 20 heavy (non-hydrogen) atoms. The van der Waals surface area contributed by atoms with E-state index in [0.29, 0.717) is 5.54 Å². The molecule has 0 bridgehead atoms. The van der Waals surface area contributed by atoms with Crippen molar-refractivity contribution in [1.29, 1.82) is 0 Å². The van der Waals surface area contributed by atoms with Crippen LogP contribution >= 0.6 is 27.3 Å². The topological polar surface area (TPSA) is 15.3 Å². The number of thiophene rings is 1. The molecule has 1 aromatic rings. The Morgan fingerprint density at radius 1 is 1.40 bits per heavy atom. The summed E-state index contributed by atoms with van der Waals surface area (Å²) in [6.07, 6.45) is 5.73. The summed E-state index contributed by atoms with van der Waals surface area (Å²) in [6, 6.07) is 2.93. The van der Waals surface area contributed by atoms with Crippen LogP contribution in [0.4, 0.5) is 0 Å². The fourth-order valence-corrected chi connectivity index (χ4v) is 5.23. The first-order chi connectivity index (χ1) is 9.67. The molecule has 1 aromatic heterocycles. The molecule has 0 aromatic carbocycles. The highest BCUT2D eigenvalue weighted by atomic mass is 79.9. The van der Waals surface area contributed by atoms with Crippen LogP contribution in [0, 0.1) is 11.8 Å². The van der Waals surface area contributed by atoms with Crippen LogP contribution in [0.1, 0.15) is 37.5 Å². The summed E-state index contributed by atoms with van der Waals surface area (Å²) >= 11 is 5.60.